The summed E-state index contributed by atoms with van der Waals surface area (Å²) < 4.78 is 0. The molecule has 0 N–H and O–H groups in total. The lowest BCUT2D eigenvalue weighted by Crippen LogP contribution is -2.16. The van der Waals surface area contributed by atoms with Gasteiger partial charge in [0.25, 0.3) is 0 Å². The van der Waals surface area contributed by atoms with Crippen molar-refractivity contribution >= 4 is 14.5 Å². The summed E-state index contributed by atoms with van der Waals surface area (Å²) in [5.41, 5.74) is 0. The Bertz CT molecular complexity index is 309. The number of hydrogen-bond donors (Lipinski definition) is 0. The highest BCUT2D eigenvalue weighted by molar-refractivity contribution is 7.76. The SMILES string of the molecule is CC(C)C[P+](C)(CC(C)C)CC(C)C.CCCC[P+](CCCC)(CCCC)CCCC. The molecule has 0 aromatic rings. The predicted octanol–water partition coefficient (Wildman–Crippen LogP) is 10.8. The summed E-state index contributed by atoms with van der Waals surface area (Å²) in [4.78, 5) is 0. The minimum atomic E-state index is -0.638. The maximum absolute atomic E-state index is 2.59. The number of hydrogen-bond acceptors (Lipinski definition) is 0. The quantitative estimate of drug-likeness (QED) is 0.173. The van der Waals surface area contributed by atoms with Gasteiger partial charge in [-0.15, -0.1) is 0 Å². The molecular formula is C29H66P2+2. The summed E-state index contributed by atoms with van der Waals surface area (Å²) in [5, 5.41) is 0. The molecule has 0 radical (unpaired) electrons. The normalized spacial score (nSPS) is 12.6. The second-order valence-corrected chi connectivity index (χ2v) is 20.8. The van der Waals surface area contributed by atoms with Crippen LogP contribution < -0.4 is 0 Å². The molecule has 0 aromatic carbocycles. The molecular weight excluding hydrogens is 410 g/mol. The molecule has 0 bridgehead atoms. The predicted molar refractivity (Wildman–Crippen MR) is 158 cm³/mol. The van der Waals surface area contributed by atoms with E-state index in [1.54, 1.807) is 24.6 Å². The zero-order valence-corrected chi connectivity index (χ0v) is 26.0. The molecule has 0 fully saturated rings. The highest BCUT2D eigenvalue weighted by Gasteiger charge is 2.35. The van der Waals surface area contributed by atoms with Gasteiger partial charge >= 0.3 is 0 Å². The molecule has 0 aromatic heterocycles. The fourth-order valence-corrected chi connectivity index (χ4v) is 16.5. The van der Waals surface area contributed by atoms with Crippen molar-refractivity contribution in [2.45, 2.75) is 121 Å². The van der Waals surface area contributed by atoms with Gasteiger partial charge in [0, 0.05) is 21.2 Å². The monoisotopic (exact) mass is 476 g/mol. The first-order chi connectivity index (χ1) is 14.5. The summed E-state index contributed by atoms with van der Waals surface area (Å²) in [6.07, 6.45) is 22.4. The van der Waals surface area contributed by atoms with Gasteiger partial charge in [0.15, 0.2) is 0 Å². The Hall–Kier alpha value is 0.860. The van der Waals surface area contributed by atoms with Crippen LogP contribution >= 0.6 is 14.5 Å². The van der Waals surface area contributed by atoms with Gasteiger partial charge in [0.1, 0.15) is 0 Å². The van der Waals surface area contributed by atoms with Crippen molar-refractivity contribution in [3.63, 3.8) is 0 Å². The molecule has 0 rings (SSSR count). The first kappa shape index (κ1) is 34.0. The maximum atomic E-state index is 2.59. The Morgan fingerprint density at radius 2 is 0.677 bits per heavy atom. The molecule has 0 nitrogen and oxygen atoms in total. The zero-order valence-electron chi connectivity index (χ0n) is 24.2. The summed E-state index contributed by atoms with van der Waals surface area (Å²) in [6.45, 7) is 26.3. The maximum Gasteiger partial charge on any atom is 0.0614 e. The van der Waals surface area contributed by atoms with E-state index in [0.29, 0.717) is 0 Å². The second-order valence-electron chi connectivity index (χ2n) is 12.0. The van der Waals surface area contributed by atoms with Crippen LogP contribution in [0.2, 0.25) is 0 Å². The Balaban J connectivity index is 0. The van der Waals surface area contributed by atoms with E-state index in [0.717, 1.165) is 17.8 Å². The third kappa shape index (κ3) is 20.0. The Labute approximate surface area is 202 Å². The van der Waals surface area contributed by atoms with E-state index in [9.17, 15) is 0 Å². The lowest BCUT2D eigenvalue weighted by molar-refractivity contribution is 0.687. The molecule has 0 aliphatic heterocycles. The summed E-state index contributed by atoms with van der Waals surface area (Å²) in [6, 6.07) is 0. The first-order valence-electron chi connectivity index (χ1n) is 14.2. The van der Waals surface area contributed by atoms with Gasteiger partial charge in [-0.2, -0.15) is 0 Å². The van der Waals surface area contributed by atoms with Gasteiger partial charge in [-0.05, 0) is 43.4 Å². The average molecular weight is 477 g/mol. The van der Waals surface area contributed by atoms with Gasteiger partial charge in [-0.25, -0.2) is 0 Å². The molecule has 0 aliphatic carbocycles. The smallest absolute Gasteiger partial charge is 0.0614 e. The molecule has 0 atom stereocenters. The molecule has 0 amide bonds. The van der Waals surface area contributed by atoms with E-state index in [4.69, 9.17) is 0 Å². The molecule has 0 unspecified atom stereocenters. The third-order valence-corrected chi connectivity index (χ3v) is 16.3. The van der Waals surface area contributed by atoms with E-state index in [-0.39, 0.29) is 0 Å². The van der Waals surface area contributed by atoms with E-state index >= 15 is 0 Å². The molecule has 190 valence electrons. The lowest BCUT2D eigenvalue weighted by Gasteiger charge is -2.28. The van der Waals surface area contributed by atoms with Crippen molar-refractivity contribution in [3.05, 3.63) is 0 Å². The highest BCUT2D eigenvalue weighted by Crippen LogP contribution is 2.61. The molecule has 31 heavy (non-hydrogen) atoms. The average Bonchev–Trinajstić information content (AvgIpc) is 2.65. The van der Waals surface area contributed by atoms with Gasteiger partial charge in [-0.3, -0.25) is 0 Å². The molecule has 0 saturated carbocycles. The van der Waals surface area contributed by atoms with Crippen molar-refractivity contribution in [1.29, 1.82) is 0 Å². The largest absolute Gasteiger partial charge is 0.0652 e. The fourth-order valence-electron chi connectivity index (χ4n) is 5.51. The third-order valence-electron chi connectivity index (χ3n) is 6.36. The number of unbranched alkanes of at least 4 members (excludes halogenated alkanes) is 4. The fraction of sp³-hybridized carbons (Fsp3) is 1.00. The van der Waals surface area contributed by atoms with Gasteiger partial charge in [0.2, 0.25) is 0 Å². The van der Waals surface area contributed by atoms with Crippen LogP contribution in [0.4, 0.5) is 0 Å². The summed E-state index contributed by atoms with van der Waals surface area (Å²) in [7, 11) is -1.20. The van der Waals surface area contributed by atoms with Crippen LogP contribution in [0.25, 0.3) is 0 Å². The van der Waals surface area contributed by atoms with Crippen molar-refractivity contribution in [1.82, 2.24) is 0 Å². The van der Waals surface area contributed by atoms with Gasteiger partial charge < -0.3 is 0 Å². The van der Waals surface area contributed by atoms with Crippen LogP contribution in [0, 0.1) is 17.8 Å². The summed E-state index contributed by atoms with van der Waals surface area (Å²) in [5.74, 6) is 2.64. The molecule has 0 aliphatic rings. The lowest BCUT2D eigenvalue weighted by atomic mass is 10.3. The Morgan fingerprint density at radius 3 is 0.839 bits per heavy atom. The van der Waals surface area contributed by atoms with Crippen LogP contribution in [0.1, 0.15) is 121 Å². The molecule has 0 spiro atoms. The summed E-state index contributed by atoms with van der Waals surface area (Å²) >= 11 is 0. The Morgan fingerprint density at radius 1 is 0.452 bits per heavy atom. The second kappa shape index (κ2) is 20.3. The Kier molecular flexibility index (Phi) is 22.2. The molecule has 0 saturated heterocycles. The van der Waals surface area contributed by atoms with Crippen LogP contribution in [0.15, 0.2) is 0 Å². The number of rotatable bonds is 18. The van der Waals surface area contributed by atoms with E-state index < -0.39 is 14.5 Å². The zero-order chi connectivity index (χ0) is 24.3. The molecule has 0 heterocycles. The van der Waals surface area contributed by atoms with Crippen molar-refractivity contribution in [3.8, 4) is 0 Å². The van der Waals surface area contributed by atoms with E-state index in [2.05, 4.69) is 75.9 Å². The highest BCUT2D eigenvalue weighted by atomic mass is 31.2. The van der Waals surface area contributed by atoms with E-state index in [1.165, 1.54) is 69.9 Å². The van der Waals surface area contributed by atoms with Crippen molar-refractivity contribution < 1.29 is 0 Å². The van der Waals surface area contributed by atoms with E-state index in [1.807, 2.05) is 0 Å². The van der Waals surface area contributed by atoms with Gasteiger partial charge in [-0.1, -0.05) is 94.9 Å². The minimum Gasteiger partial charge on any atom is -0.0652 e. The van der Waals surface area contributed by atoms with Crippen LogP contribution in [-0.4, -0.2) is 49.8 Å². The molecule has 2 heteroatoms. The van der Waals surface area contributed by atoms with Crippen LogP contribution in [-0.2, 0) is 0 Å². The topological polar surface area (TPSA) is 0 Å². The minimum absolute atomic E-state index is 0.562. The van der Waals surface area contributed by atoms with Crippen molar-refractivity contribution in [2.24, 2.45) is 17.8 Å². The van der Waals surface area contributed by atoms with Crippen LogP contribution in [0.5, 0.6) is 0 Å². The van der Waals surface area contributed by atoms with Crippen molar-refractivity contribution in [2.75, 3.05) is 49.8 Å². The van der Waals surface area contributed by atoms with Gasteiger partial charge in [0.05, 0.1) is 43.1 Å². The first-order valence-corrected chi connectivity index (χ1v) is 19.5. The standard InChI is InChI=1S/C16H36P.C13H30P/c1-5-9-13-17(14-10-6-2,15-11-7-3)16-12-8-4;1-11(2)8-14(7,9-12(3)4)10-13(5)6/h5-16H2,1-4H3;11-13H,8-10H2,1-7H3/q2*+1. The van der Waals surface area contributed by atoms with Crippen LogP contribution in [0.3, 0.4) is 0 Å².